The third-order valence-electron chi connectivity index (χ3n) is 4.53. The third-order valence-corrected chi connectivity index (χ3v) is 6.81. The summed E-state index contributed by atoms with van der Waals surface area (Å²) < 4.78 is 25.8. The fourth-order valence-electron chi connectivity index (χ4n) is 2.80. The quantitative estimate of drug-likeness (QED) is 0.594. The van der Waals surface area contributed by atoms with E-state index in [9.17, 15) is 18.3 Å². The zero-order valence-corrected chi connectivity index (χ0v) is 17.7. The van der Waals surface area contributed by atoms with Crippen molar-refractivity contribution in [2.24, 2.45) is 0 Å². The molecule has 2 aromatic carbocycles. The van der Waals surface area contributed by atoms with Crippen molar-refractivity contribution in [3.05, 3.63) is 64.4 Å². The number of aromatic hydroxyl groups is 1. The molecule has 2 N–H and O–H groups in total. The van der Waals surface area contributed by atoms with Crippen molar-refractivity contribution in [2.75, 3.05) is 11.1 Å². The first-order valence-electron chi connectivity index (χ1n) is 8.83. The SMILES string of the molecule is CCS(=O)(=O)c1ccc(O)c(NC(=O)c2ccc(-n3nc(C)c(Cl)c3C)cc2)c1. The van der Waals surface area contributed by atoms with Crippen LogP contribution in [0.4, 0.5) is 5.69 Å². The van der Waals surface area contributed by atoms with Gasteiger partial charge in [-0.1, -0.05) is 18.5 Å². The highest BCUT2D eigenvalue weighted by molar-refractivity contribution is 7.91. The maximum Gasteiger partial charge on any atom is 0.255 e. The number of aromatic nitrogens is 2. The van der Waals surface area contributed by atoms with Crippen molar-refractivity contribution in [1.29, 1.82) is 0 Å². The normalized spacial score (nSPS) is 11.4. The van der Waals surface area contributed by atoms with Crippen LogP contribution in [0.3, 0.4) is 0 Å². The van der Waals surface area contributed by atoms with Crippen molar-refractivity contribution in [3.63, 3.8) is 0 Å². The molecular formula is C20H20ClN3O4S. The van der Waals surface area contributed by atoms with Gasteiger partial charge in [0.1, 0.15) is 5.75 Å². The lowest BCUT2D eigenvalue weighted by molar-refractivity contribution is 0.102. The molecule has 0 saturated heterocycles. The Morgan fingerprint density at radius 3 is 2.38 bits per heavy atom. The van der Waals surface area contributed by atoms with Crippen LogP contribution < -0.4 is 5.32 Å². The molecule has 0 aliphatic rings. The minimum Gasteiger partial charge on any atom is -0.506 e. The summed E-state index contributed by atoms with van der Waals surface area (Å²) >= 11 is 6.18. The van der Waals surface area contributed by atoms with Crippen molar-refractivity contribution in [1.82, 2.24) is 9.78 Å². The lowest BCUT2D eigenvalue weighted by Gasteiger charge is -2.10. The second-order valence-electron chi connectivity index (χ2n) is 6.48. The number of benzene rings is 2. The monoisotopic (exact) mass is 433 g/mol. The number of carbonyl (C=O) groups is 1. The molecule has 1 aromatic heterocycles. The number of sulfone groups is 1. The van der Waals surface area contributed by atoms with Crippen LogP contribution in [0.1, 0.15) is 28.7 Å². The number of amides is 1. The fraction of sp³-hybridized carbons (Fsp3) is 0.200. The summed E-state index contributed by atoms with van der Waals surface area (Å²) in [4.78, 5) is 12.6. The van der Waals surface area contributed by atoms with Gasteiger partial charge in [-0.2, -0.15) is 5.10 Å². The number of phenolic OH excluding ortho intramolecular Hbond substituents is 1. The van der Waals surface area contributed by atoms with E-state index in [1.54, 1.807) is 28.9 Å². The molecule has 1 heterocycles. The first kappa shape index (κ1) is 20.9. The van der Waals surface area contributed by atoms with Crippen LogP contribution in [0.2, 0.25) is 5.02 Å². The summed E-state index contributed by atoms with van der Waals surface area (Å²) in [7, 11) is -3.46. The van der Waals surface area contributed by atoms with Crippen LogP contribution in [0.25, 0.3) is 5.69 Å². The molecule has 3 aromatic rings. The number of phenols is 1. The van der Waals surface area contributed by atoms with Crippen LogP contribution in [-0.4, -0.2) is 35.0 Å². The molecule has 0 spiro atoms. The Hall–Kier alpha value is -2.84. The smallest absolute Gasteiger partial charge is 0.255 e. The van der Waals surface area contributed by atoms with Gasteiger partial charge in [-0.05, 0) is 56.3 Å². The Morgan fingerprint density at radius 1 is 1.17 bits per heavy atom. The highest BCUT2D eigenvalue weighted by Crippen LogP contribution is 2.28. The summed E-state index contributed by atoms with van der Waals surface area (Å²) in [6.45, 7) is 5.19. The molecule has 0 saturated carbocycles. The molecule has 29 heavy (non-hydrogen) atoms. The van der Waals surface area contributed by atoms with Gasteiger partial charge in [0.2, 0.25) is 0 Å². The molecule has 0 aliphatic carbocycles. The Balaban J connectivity index is 1.85. The maximum absolute atomic E-state index is 12.6. The molecule has 0 unspecified atom stereocenters. The van der Waals surface area contributed by atoms with Crippen LogP contribution in [0.15, 0.2) is 47.4 Å². The molecule has 0 bridgehead atoms. The van der Waals surface area contributed by atoms with Gasteiger partial charge in [-0.3, -0.25) is 4.79 Å². The van der Waals surface area contributed by atoms with Crippen molar-refractivity contribution in [2.45, 2.75) is 25.7 Å². The summed E-state index contributed by atoms with van der Waals surface area (Å²) in [5, 5.41) is 17.5. The molecule has 0 radical (unpaired) electrons. The van der Waals surface area contributed by atoms with Crippen LogP contribution >= 0.6 is 11.6 Å². The summed E-state index contributed by atoms with van der Waals surface area (Å²) in [5.74, 6) is -0.783. The molecule has 0 atom stereocenters. The Labute approximate surface area is 173 Å². The first-order valence-corrected chi connectivity index (χ1v) is 10.9. The highest BCUT2D eigenvalue weighted by atomic mass is 35.5. The van der Waals surface area contributed by atoms with Gasteiger partial charge in [0.05, 0.1) is 38.4 Å². The lowest BCUT2D eigenvalue weighted by Crippen LogP contribution is -2.13. The predicted octanol–water partition coefficient (Wildman–Crippen LogP) is 3.89. The number of hydrogen-bond donors (Lipinski definition) is 2. The fourth-order valence-corrected chi connectivity index (χ4v) is 3.82. The molecular weight excluding hydrogens is 414 g/mol. The molecule has 1 amide bonds. The van der Waals surface area contributed by atoms with E-state index in [2.05, 4.69) is 10.4 Å². The number of nitrogens with one attached hydrogen (secondary N) is 1. The van der Waals surface area contributed by atoms with Gasteiger partial charge in [0.15, 0.2) is 9.84 Å². The van der Waals surface area contributed by atoms with Gasteiger partial charge < -0.3 is 10.4 Å². The second-order valence-corrected chi connectivity index (χ2v) is 9.14. The lowest BCUT2D eigenvalue weighted by atomic mass is 10.2. The molecule has 0 fully saturated rings. The van der Waals surface area contributed by atoms with E-state index in [-0.39, 0.29) is 22.1 Å². The average Bonchev–Trinajstić information content (AvgIpc) is 2.97. The largest absolute Gasteiger partial charge is 0.506 e. The molecule has 7 nitrogen and oxygen atoms in total. The van der Waals surface area contributed by atoms with E-state index in [4.69, 9.17) is 11.6 Å². The number of halogens is 1. The van der Waals surface area contributed by atoms with Crippen molar-refractivity contribution in [3.8, 4) is 11.4 Å². The van der Waals surface area contributed by atoms with Gasteiger partial charge in [-0.25, -0.2) is 13.1 Å². The third kappa shape index (κ3) is 4.13. The van der Waals surface area contributed by atoms with E-state index < -0.39 is 15.7 Å². The van der Waals surface area contributed by atoms with Gasteiger partial charge >= 0.3 is 0 Å². The summed E-state index contributed by atoms with van der Waals surface area (Å²) in [5.41, 5.74) is 2.61. The Kier molecular flexibility index (Phi) is 5.68. The van der Waals surface area contributed by atoms with Gasteiger partial charge in [0.25, 0.3) is 5.91 Å². The first-order chi connectivity index (χ1) is 13.6. The van der Waals surface area contributed by atoms with Gasteiger partial charge in [0, 0.05) is 5.56 Å². The summed E-state index contributed by atoms with van der Waals surface area (Å²) in [6.07, 6.45) is 0. The minimum atomic E-state index is -3.46. The number of anilines is 1. The van der Waals surface area contributed by atoms with E-state index >= 15 is 0 Å². The highest BCUT2D eigenvalue weighted by Gasteiger charge is 2.16. The van der Waals surface area contributed by atoms with E-state index in [0.29, 0.717) is 16.3 Å². The maximum atomic E-state index is 12.6. The van der Waals surface area contributed by atoms with Crippen molar-refractivity contribution >= 4 is 33.0 Å². The topological polar surface area (TPSA) is 101 Å². The Morgan fingerprint density at radius 2 is 1.83 bits per heavy atom. The Bertz CT molecular complexity index is 1190. The molecule has 152 valence electrons. The van der Waals surface area contributed by atoms with E-state index in [0.717, 1.165) is 11.4 Å². The standard InChI is InChI=1S/C20H20ClN3O4S/c1-4-29(27,28)16-9-10-18(25)17(11-16)22-20(26)14-5-7-15(8-6-14)24-13(3)19(21)12(2)23-24/h5-11,25H,4H2,1-3H3,(H,22,26). The minimum absolute atomic E-state index is 0.0268. The van der Waals surface area contributed by atoms with Crippen LogP contribution in [-0.2, 0) is 9.84 Å². The molecule has 0 aliphatic heterocycles. The number of rotatable bonds is 5. The number of nitrogens with zero attached hydrogens (tertiary/aromatic N) is 2. The zero-order chi connectivity index (χ0) is 21.3. The molecule has 3 rings (SSSR count). The summed E-state index contributed by atoms with van der Waals surface area (Å²) in [6, 6.07) is 10.5. The number of aryl methyl sites for hydroxylation is 1. The average molecular weight is 434 g/mol. The zero-order valence-electron chi connectivity index (χ0n) is 16.1. The molecule has 9 heteroatoms. The van der Waals surface area contributed by atoms with Crippen LogP contribution in [0.5, 0.6) is 5.75 Å². The van der Waals surface area contributed by atoms with Gasteiger partial charge in [-0.15, -0.1) is 0 Å². The number of hydrogen-bond acceptors (Lipinski definition) is 5. The van der Waals surface area contributed by atoms with E-state index in [1.165, 1.54) is 25.1 Å². The number of carbonyl (C=O) groups excluding carboxylic acids is 1. The predicted molar refractivity (Wildman–Crippen MR) is 112 cm³/mol. The van der Waals surface area contributed by atoms with Crippen molar-refractivity contribution < 1.29 is 18.3 Å². The second kappa shape index (κ2) is 7.88. The van der Waals surface area contributed by atoms with E-state index in [1.807, 2.05) is 13.8 Å². The van der Waals surface area contributed by atoms with Crippen LogP contribution in [0, 0.1) is 13.8 Å².